The molecule has 17 heavy (non-hydrogen) atoms. The van der Waals surface area contributed by atoms with Gasteiger partial charge in [0.15, 0.2) is 6.23 Å². The van der Waals surface area contributed by atoms with E-state index < -0.39 is 18.2 Å². The molecule has 6 nitrogen and oxygen atoms in total. The van der Waals surface area contributed by atoms with E-state index >= 15 is 0 Å². The predicted molar refractivity (Wildman–Crippen MR) is 60.5 cm³/mol. The molecule has 1 heterocycles. The first-order chi connectivity index (χ1) is 8.13. The van der Waals surface area contributed by atoms with Crippen molar-refractivity contribution in [2.75, 3.05) is 5.32 Å². The van der Waals surface area contributed by atoms with Crippen molar-refractivity contribution in [2.45, 2.75) is 24.6 Å². The van der Waals surface area contributed by atoms with Crippen LogP contribution in [0.3, 0.4) is 0 Å². The van der Waals surface area contributed by atoms with Gasteiger partial charge in [0.1, 0.15) is 6.04 Å². The Bertz CT molecular complexity index is 424. The first-order valence-corrected chi connectivity index (χ1v) is 5.27. The van der Waals surface area contributed by atoms with Gasteiger partial charge in [-0.05, 0) is 18.1 Å². The minimum Gasteiger partial charge on any atom is -0.480 e. The lowest BCUT2D eigenvalue weighted by Gasteiger charge is -2.18. The summed E-state index contributed by atoms with van der Waals surface area (Å²) >= 11 is 0. The SMILES string of the molecule is NC(C[C@H]1c2ccccc2N[C@@H]1OO)C(=O)O. The second-order valence-electron chi connectivity index (χ2n) is 4.04. The maximum Gasteiger partial charge on any atom is 0.320 e. The molecule has 1 unspecified atom stereocenters. The predicted octanol–water partition coefficient (Wildman–Crippen LogP) is 0.813. The van der Waals surface area contributed by atoms with Crippen LogP contribution >= 0.6 is 0 Å². The van der Waals surface area contributed by atoms with Gasteiger partial charge in [0.25, 0.3) is 0 Å². The van der Waals surface area contributed by atoms with Crippen LogP contribution in [-0.4, -0.2) is 28.6 Å². The second-order valence-corrected chi connectivity index (χ2v) is 4.04. The van der Waals surface area contributed by atoms with Crippen molar-refractivity contribution in [3.05, 3.63) is 29.8 Å². The van der Waals surface area contributed by atoms with Gasteiger partial charge in [-0.1, -0.05) is 18.2 Å². The van der Waals surface area contributed by atoms with Gasteiger partial charge in [-0.3, -0.25) is 4.79 Å². The topological polar surface area (TPSA) is 105 Å². The number of fused-ring (bicyclic) bond motifs is 1. The van der Waals surface area contributed by atoms with E-state index in [1.54, 1.807) is 0 Å². The van der Waals surface area contributed by atoms with Gasteiger partial charge in [0.2, 0.25) is 0 Å². The van der Waals surface area contributed by atoms with E-state index in [1.165, 1.54) is 0 Å². The summed E-state index contributed by atoms with van der Waals surface area (Å²) in [6.07, 6.45) is -0.456. The van der Waals surface area contributed by atoms with Crippen LogP contribution in [0.5, 0.6) is 0 Å². The van der Waals surface area contributed by atoms with Crippen molar-refractivity contribution in [3.8, 4) is 0 Å². The maximum atomic E-state index is 10.7. The van der Waals surface area contributed by atoms with Crippen molar-refractivity contribution < 1.29 is 20.0 Å². The Morgan fingerprint density at radius 1 is 1.53 bits per heavy atom. The molecule has 0 bridgehead atoms. The van der Waals surface area contributed by atoms with Crippen LogP contribution in [0.1, 0.15) is 17.9 Å². The number of carboxylic acids is 1. The number of hydrogen-bond donors (Lipinski definition) is 4. The number of hydrogen-bond acceptors (Lipinski definition) is 5. The quantitative estimate of drug-likeness (QED) is 0.457. The molecular formula is C11H14N2O4. The van der Waals surface area contributed by atoms with Gasteiger partial charge in [-0.15, -0.1) is 0 Å². The summed E-state index contributed by atoms with van der Waals surface area (Å²) in [5.41, 5.74) is 7.24. The van der Waals surface area contributed by atoms with Crippen LogP contribution in [0.25, 0.3) is 0 Å². The standard InChI is InChI=1S/C11H14N2O4/c12-8(11(14)15)5-7-6-3-1-2-4-9(6)13-10(7)17-16/h1-4,7-8,10,13,16H,5,12H2,(H,14,15)/t7-,8?,10+/m0/s1. The van der Waals surface area contributed by atoms with E-state index in [0.29, 0.717) is 0 Å². The van der Waals surface area contributed by atoms with Crippen LogP contribution < -0.4 is 11.1 Å². The molecule has 6 heteroatoms. The zero-order valence-corrected chi connectivity index (χ0v) is 9.04. The molecule has 3 atom stereocenters. The van der Waals surface area contributed by atoms with E-state index in [0.717, 1.165) is 11.3 Å². The lowest BCUT2D eigenvalue weighted by Crippen LogP contribution is -2.35. The second kappa shape index (κ2) is 4.70. The first-order valence-electron chi connectivity index (χ1n) is 5.27. The van der Waals surface area contributed by atoms with E-state index in [4.69, 9.17) is 16.1 Å². The summed E-state index contributed by atoms with van der Waals surface area (Å²) in [4.78, 5) is 15.1. The van der Waals surface area contributed by atoms with Crippen LogP contribution in [0.4, 0.5) is 5.69 Å². The fraction of sp³-hybridized carbons (Fsp3) is 0.364. The molecule has 0 saturated heterocycles. The van der Waals surface area contributed by atoms with Gasteiger partial charge in [-0.2, -0.15) is 0 Å². The monoisotopic (exact) mass is 238 g/mol. The number of para-hydroxylation sites is 1. The number of rotatable bonds is 4. The number of nitrogens with one attached hydrogen (secondary N) is 1. The third-order valence-electron chi connectivity index (χ3n) is 2.96. The molecule has 1 aliphatic heterocycles. The Kier molecular flexibility index (Phi) is 3.28. The zero-order chi connectivity index (χ0) is 12.4. The number of carbonyl (C=O) groups is 1. The molecule has 0 radical (unpaired) electrons. The molecule has 0 spiro atoms. The lowest BCUT2D eigenvalue weighted by atomic mass is 9.93. The minimum absolute atomic E-state index is 0.199. The normalized spacial score (nSPS) is 23.9. The summed E-state index contributed by atoms with van der Waals surface area (Å²) in [6.45, 7) is 0. The van der Waals surface area contributed by atoms with Gasteiger partial charge in [-0.25, -0.2) is 10.1 Å². The summed E-state index contributed by atoms with van der Waals surface area (Å²) < 4.78 is 0. The zero-order valence-electron chi connectivity index (χ0n) is 9.04. The van der Waals surface area contributed by atoms with Gasteiger partial charge < -0.3 is 16.2 Å². The highest BCUT2D eigenvalue weighted by Crippen LogP contribution is 2.38. The molecule has 0 saturated carbocycles. The summed E-state index contributed by atoms with van der Waals surface area (Å²) in [6, 6.07) is 6.42. The number of benzene rings is 1. The van der Waals surface area contributed by atoms with Gasteiger partial charge in [0.05, 0.1) is 0 Å². The highest BCUT2D eigenvalue weighted by Gasteiger charge is 2.35. The summed E-state index contributed by atoms with van der Waals surface area (Å²) in [7, 11) is 0. The fourth-order valence-electron chi connectivity index (χ4n) is 2.09. The van der Waals surface area contributed by atoms with Crippen LogP contribution in [0, 0.1) is 0 Å². The molecule has 0 fully saturated rings. The molecule has 0 amide bonds. The Labute approximate surface area is 97.9 Å². The van der Waals surface area contributed by atoms with E-state index in [-0.39, 0.29) is 12.3 Å². The molecule has 1 aliphatic rings. The molecular weight excluding hydrogens is 224 g/mol. The van der Waals surface area contributed by atoms with E-state index in [1.807, 2.05) is 24.3 Å². The average Bonchev–Trinajstić information content (AvgIpc) is 2.67. The molecule has 0 aromatic heterocycles. The van der Waals surface area contributed by atoms with Crippen LogP contribution in [-0.2, 0) is 9.68 Å². The molecule has 5 N–H and O–H groups in total. The van der Waals surface area contributed by atoms with Crippen molar-refractivity contribution in [1.29, 1.82) is 0 Å². The third-order valence-corrected chi connectivity index (χ3v) is 2.96. The fourth-order valence-corrected chi connectivity index (χ4v) is 2.09. The number of aliphatic carboxylic acids is 1. The third kappa shape index (κ3) is 2.23. The maximum absolute atomic E-state index is 10.7. The number of nitrogens with two attached hydrogens (primary N) is 1. The largest absolute Gasteiger partial charge is 0.480 e. The molecule has 0 aliphatic carbocycles. The molecule has 1 aromatic carbocycles. The highest BCUT2D eigenvalue weighted by atomic mass is 17.1. The Morgan fingerprint density at radius 3 is 2.88 bits per heavy atom. The van der Waals surface area contributed by atoms with Gasteiger partial charge >= 0.3 is 5.97 Å². The Morgan fingerprint density at radius 2 is 2.24 bits per heavy atom. The number of anilines is 1. The first kappa shape index (κ1) is 11.8. The van der Waals surface area contributed by atoms with Crippen molar-refractivity contribution in [2.24, 2.45) is 5.73 Å². The van der Waals surface area contributed by atoms with Crippen LogP contribution in [0.2, 0.25) is 0 Å². The summed E-state index contributed by atoms with van der Waals surface area (Å²) in [5, 5.41) is 20.6. The molecule has 92 valence electrons. The lowest BCUT2D eigenvalue weighted by molar-refractivity contribution is -0.274. The minimum atomic E-state index is -1.06. The molecule has 1 aromatic rings. The van der Waals surface area contributed by atoms with E-state index in [2.05, 4.69) is 10.2 Å². The van der Waals surface area contributed by atoms with E-state index in [9.17, 15) is 4.79 Å². The van der Waals surface area contributed by atoms with Crippen molar-refractivity contribution in [1.82, 2.24) is 0 Å². The average molecular weight is 238 g/mol. The Hall–Kier alpha value is -1.63. The van der Waals surface area contributed by atoms with Crippen LogP contribution in [0.15, 0.2) is 24.3 Å². The Balaban J connectivity index is 2.21. The number of carboxylic acid groups (broad SMARTS) is 1. The summed E-state index contributed by atoms with van der Waals surface area (Å²) in [5.74, 6) is -1.34. The van der Waals surface area contributed by atoms with Gasteiger partial charge in [0, 0.05) is 11.6 Å². The molecule has 2 rings (SSSR count). The van der Waals surface area contributed by atoms with Crippen molar-refractivity contribution >= 4 is 11.7 Å². The smallest absolute Gasteiger partial charge is 0.320 e. The van der Waals surface area contributed by atoms with Crippen molar-refractivity contribution in [3.63, 3.8) is 0 Å². The highest BCUT2D eigenvalue weighted by molar-refractivity contribution is 5.73.